The van der Waals surface area contributed by atoms with Gasteiger partial charge in [-0.2, -0.15) is 0 Å². The van der Waals surface area contributed by atoms with E-state index >= 15 is 0 Å². The number of hydrogen-bond donors (Lipinski definition) is 8. The molecule has 15 nitrogen and oxygen atoms in total. The molecule has 0 radical (unpaired) electrons. The Hall–Kier alpha value is -0.640. The van der Waals surface area contributed by atoms with Gasteiger partial charge in [0, 0.05) is 0 Å². The molecule has 0 aromatic rings. The molecule has 27 heavy (non-hydrogen) atoms. The molecule has 0 saturated heterocycles. The Morgan fingerprint density at radius 3 is 1.93 bits per heavy atom. The van der Waals surface area contributed by atoms with Crippen LogP contribution in [-0.4, -0.2) is 103 Å². The lowest BCUT2D eigenvalue weighted by Gasteiger charge is -2.25. The van der Waals surface area contributed by atoms with Crippen molar-refractivity contribution in [1.29, 1.82) is 0 Å². The number of aliphatic hydroxyl groups excluding tert-OH is 5. The minimum absolute atomic E-state index is 0.238. The Balaban J connectivity index is 4.77. The van der Waals surface area contributed by atoms with Crippen molar-refractivity contribution in [2.24, 2.45) is 0 Å². The molecule has 8 N–H and O–H groups in total. The largest absolute Gasteiger partial charge is 0.473 e. The molecule has 0 aromatic heterocycles. The predicted molar refractivity (Wildman–Crippen MR) is 80.8 cm³/mol. The van der Waals surface area contributed by atoms with Crippen molar-refractivity contribution in [3.05, 3.63) is 0 Å². The van der Waals surface area contributed by atoms with Crippen LogP contribution in [0.2, 0.25) is 0 Å². The summed E-state index contributed by atoms with van der Waals surface area (Å²) in [6.07, 6.45) is -11.0. The van der Waals surface area contributed by atoms with E-state index in [-0.39, 0.29) is 6.29 Å². The summed E-state index contributed by atoms with van der Waals surface area (Å²) >= 11 is 0. The second kappa shape index (κ2) is 11.4. The maximum Gasteiger partial charge on any atom is 0.473 e. The van der Waals surface area contributed by atoms with Gasteiger partial charge in [-0.25, -0.2) is 9.13 Å². The number of carbonyl (C=O) groups excluding carboxylic acids is 2. The Labute approximate surface area is 151 Å². The van der Waals surface area contributed by atoms with Crippen LogP contribution in [0, 0.1) is 0 Å². The van der Waals surface area contributed by atoms with Crippen LogP contribution in [-0.2, 0) is 32.3 Å². The Bertz CT molecular complexity index is 575. The monoisotopic (exact) mass is 442 g/mol. The first kappa shape index (κ1) is 26.4. The van der Waals surface area contributed by atoms with Crippen molar-refractivity contribution in [2.45, 2.75) is 30.5 Å². The van der Waals surface area contributed by atoms with Gasteiger partial charge in [0.25, 0.3) is 0 Å². The van der Waals surface area contributed by atoms with E-state index in [0.717, 1.165) is 0 Å². The topological polar surface area (TPSA) is 258 Å². The summed E-state index contributed by atoms with van der Waals surface area (Å²) in [6.45, 7) is -3.45. The summed E-state index contributed by atoms with van der Waals surface area (Å²) in [5.74, 6) is -1.21. The summed E-state index contributed by atoms with van der Waals surface area (Å²) in [5.41, 5.74) is 0. The van der Waals surface area contributed by atoms with Gasteiger partial charge in [-0.3, -0.25) is 18.4 Å². The van der Waals surface area contributed by atoms with E-state index < -0.39 is 71.8 Å². The van der Waals surface area contributed by atoms with Gasteiger partial charge in [-0.05, 0) is 0 Å². The predicted octanol–water partition coefficient (Wildman–Crippen LogP) is -4.20. The SMILES string of the molecule is O=C[C@H](OP(=O)(O)OC[C@@H](O)[C@@H](O)C(=O)CO)[C@H](O)[C@H](O)COP(=O)(O)O. The van der Waals surface area contributed by atoms with Crippen LogP contribution in [0.4, 0.5) is 0 Å². The van der Waals surface area contributed by atoms with Gasteiger partial charge in [0.2, 0.25) is 0 Å². The quantitative estimate of drug-likeness (QED) is 0.0937. The molecule has 0 aliphatic heterocycles. The fourth-order valence-corrected chi connectivity index (χ4v) is 2.64. The normalized spacial score (nSPS) is 20.1. The van der Waals surface area contributed by atoms with Crippen LogP contribution in [0.25, 0.3) is 0 Å². The van der Waals surface area contributed by atoms with Gasteiger partial charge in [0.1, 0.15) is 31.0 Å². The van der Waals surface area contributed by atoms with Crippen molar-refractivity contribution in [2.75, 3.05) is 19.8 Å². The maximum atomic E-state index is 11.7. The first-order valence-corrected chi connectivity index (χ1v) is 9.93. The molecular formula is C10H20O15P2. The highest BCUT2D eigenvalue weighted by Crippen LogP contribution is 2.45. The van der Waals surface area contributed by atoms with Crippen molar-refractivity contribution in [3.8, 4) is 0 Å². The van der Waals surface area contributed by atoms with E-state index in [4.69, 9.17) is 14.9 Å². The van der Waals surface area contributed by atoms with Crippen LogP contribution >= 0.6 is 15.6 Å². The number of phosphoric acid groups is 2. The van der Waals surface area contributed by atoms with Gasteiger partial charge < -0.3 is 45.0 Å². The molecular weight excluding hydrogens is 422 g/mol. The number of carbonyl (C=O) groups is 2. The number of phosphoric ester groups is 2. The van der Waals surface area contributed by atoms with Gasteiger partial charge in [0.15, 0.2) is 18.2 Å². The minimum Gasteiger partial charge on any atom is -0.388 e. The first-order valence-electron chi connectivity index (χ1n) is 6.91. The molecule has 17 heteroatoms. The minimum atomic E-state index is -5.18. The molecule has 0 heterocycles. The third-order valence-electron chi connectivity index (χ3n) is 2.79. The number of Topliss-reactive ketones (excluding diaryl/α,β-unsaturated/α-hetero) is 1. The van der Waals surface area contributed by atoms with Crippen molar-refractivity contribution >= 4 is 27.7 Å². The van der Waals surface area contributed by atoms with Crippen molar-refractivity contribution in [1.82, 2.24) is 0 Å². The summed E-state index contributed by atoms with van der Waals surface area (Å²) in [5, 5.41) is 46.2. The van der Waals surface area contributed by atoms with Gasteiger partial charge >= 0.3 is 15.6 Å². The van der Waals surface area contributed by atoms with Crippen LogP contribution < -0.4 is 0 Å². The van der Waals surface area contributed by atoms with E-state index in [2.05, 4.69) is 13.6 Å². The lowest BCUT2D eigenvalue weighted by molar-refractivity contribution is -0.137. The van der Waals surface area contributed by atoms with Gasteiger partial charge in [0.05, 0.1) is 13.2 Å². The average Bonchev–Trinajstić information content (AvgIpc) is 2.59. The number of aliphatic hydroxyl groups is 5. The molecule has 6 atom stereocenters. The molecule has 0 amide bonds. The zero-order chi connectivity index (χ0) is 21.4. The Morgan fingerprint density at radius 2 is 1.48 bits per heavy atom. The third kappa shape index (κ3) is 10.5. The molecule has 0 spiro atoms. The lowest BCUT2D eigenvalue weighted by atomic mass is 10.1. The zero-order valence-electron chi connectivity index (χ0n) is 13.4. The molecule has 0 fully saturated rings. The number of rotatable bonds is 14. The Kier molecular flexibility index (Phi) is 11.1. The van der Waals surface area contributed by atoms with Crippen molar-refractivity contribution in [3.63, 3.8) is 0 Å². The second-order valence-electron chi connectivity index (χ2n) is 4.95. The summed E-state index contributed by atoms with van der Waals surface area (Å²) < 4.78 is 34.5. The molecule has 160 valence electrons. The molecule has 0 rings (SSSR count). The van der Waals surface area contributed by atoms with E-state index in [1.807, 2.05) is 0 Å². The van der Waals surface area contributed by atoms with E-state index in [1.54, 1.807) is 0 Å². The fourth-order valence-electron chi connectivity index (χ4n) is 1.41. The third-order valence-corrected chi connectivity index (χ3v) is 4.26. The summed E-state index contributed by atoms with van der Waals surface area (Å²) in [7, 11) is -10.2. The fraction of sp³-hybridized carbons (Fsp3) is 0.800. The zero-order valence-corrected chi connectivity index (χ0v) is 15.2. The molecule has 0 aromatic carbocycles. The Morgan fingerprint density at radius 1 is 0.963 bits per heavy atom. The first-order chi connectivity index (χ1) is 12.2. The molecule has 0 aliphatic rings. The lowest BCUT2D eigenvalue weighted by Crippen LogP contribution is -2.42. The molecule has 0 aliphatic carbocycles. The number of ketones is 1. The van der Waals surface area contributed by atoms with Crippen LogP contribution in [0.1, 0.15) is 0 Å². The maximum absolute atomic E-state index is 11.7. The van der Waals surface area contributed by atoms with Crippen LogP contribution in [0.3, 0.4) is 0 Å². The highest BCUT2D eigenvalue weighted by atomic mass is 31.2. The average molecular weight is 442 g/mol. The van der Waals surface area contributed by atoms with E-state index in [1.165, 1.54) is 0 Å². The van der Waals surface area contributed by atoms with Gasteiger partial charge in [-0.15, -0.1) is 0 Å². The number of aldehydes is 1. The molecule has 1 unspecified atom stereocenters. The second-order valence-corrected chi connectivity index (χ2v) is 7.60. The summed E-state index contributed by atoms with van der Waals surface area (Å²) in [4.78, 5) is 48.1. The van der Waals surface area contributed by atoms with Gasteiger partial charge in [-0.1, -0.05) is 0 Å². The van der Waals surface area contributed by atoms with Crippen molar-refractivity contribution < 1.29 is 72.5 Å². The smallest absolute Gasteiger partial charge is 0.388 e. The summed E-state index contributed by atoms with van der Waals surface area (Å²) in [6, 6.07) is 0. The number of hydrogen-bond acceptors (Lipinski definition) is 12. The highest BCUT2D eigenvalue weighted by Gasteiger charge is 2.36. The van der Waals surface area contributed by atoms with E-state index in [0.29, 0.717) is 0 Å². The van der Waals surface area contributed by atoms with Crippen LogP contribution in [0.5, 0.6) is 0 Å². The highest BCUT2D eigenvalue weighted by molar-refractivity contribution is 7.47. The molecule has 0 saturated carbocycles. The molecule has 0 bridgehead atoms. The van der Waals surface area contributed by atoms with E-state index in [9.17, 15) is 44.0 Å². The standard InChI is InChI=1S/C10H20O15P2/c11-1-5(13)9(16)6(14)4-24-27(21,22)25-8(2-12)10(17)7(15)3-23-26(18,19)20/h2,6-11,14-17H,1,3-4H2,(H,21,22)(H2,18,19,20)/t6-,7-,8+,9+,10-/m1/s1. The van der Waals surface area contributed by atoms with Crippen LogP contribution in [0.15, 0.2) is 0 Å².